The van der Waals surface area contributed by atoms with Crippen molar-refractivity contribution in [3.8, 4) is 5.75 Å². The zero-order valence-corrected chi connectivity index (χ0v) is 13.6. The number of benzene rings is 2. The van der Waals surface area contributed by atoms with Gasteiger partial charge in [-0.2, -0.15) is 0 Å². The van der Waals surface area contributed by atoms with E-state index < -0.39 is 23.4 Å². The lowest BCUT2D eigenvalue weighted by Crippen LogP contribution is -2.22. The van der Waals surface area contributed by atoms with Crippen LogP contribution in [-0.4, -0.2) is 30.5 Å². The van der Waals surface area contributed by atoms with Crippen molar-refractivity contribution in [1.29, 1.82) is 0 Å². The second-order valence-electron chi connectivity index (χ2n) is 5.05. The Kier molecular flexibility index (Phi) is 5.67. The molecule has 2 aromatic rings. The zero-order valence-electron chi connectivity index (χ0n) is 13.6. The number of amides is 1. The Labute approximate surface area is 143 Å². The van der Waals surface area contributed by atoms with Gasteiger partial charge < -0.3 is 14.8 Å². The van der Waals surface area contributed by atoms with Gasteiger partial charge in [-0.25, -0.2) is 4.79 Å². The van der Waals surface area contributed by atoms with Crippen molar-refractivity contribution in [2.24, 2.45) is 0 Å². The van der Waals surface area contributed by atoms with Gasteiger partial charge in [0.25, 0.3) is 11.6 Å². The molecule has 2 rings (SSSR count). The van der Waals surface area contributed by atoms with Gasteiger partial charge in [0.2, 0.25) is 0 Å². The van der Waals surface area contributed by atoms with E-state index in [0.717, 1.165) is 0 Å². The van der Waals surface area contributed by atoms with Crippen LogP contribution in [0.4, 0.5) is 11.4 Å². The van der Waals surface area contributed by atoms with E-state index in [2.05, 4.69) is 5.32 Å². The Morgan fingerprint density at radius 3 is 2.56 bits per heavy atom. The van der Waals surface area contributed by atoms with Crippen LogP contribution >= 0.6 is 0 Å². The average molecular weight is 344 g/mol. The van der Waals surface area contributed by atoms with E-state index in [1.165, 1.54) is 25.3 Å². The summed E-state index contributed by atoms with van der Waals surface area (Å²) in [4.78, 5) is 34.5. The Morgan fingerprint density at radius 2 is 1.88 bits per heavy atom. The highest BCUT2D eigenvalue weighted by atomic mass is 16.6. The number of esters is 1. The predicted molar refractivity (Wildman–Crippen MR) is 89.7 cm³/mol. The molecule has 0 atom stereocenters. The summed E-state index contributed by atoms with van der Waals surface area (Å²) in [5.74, 6) is -1.09. The first-order valence-corrected chi connectivity index (χ1v) is 7.28. The molecule has 0 radical (unpaired) electrons. The molecule has 0 aliphatic heterocycles. The minimum Gasteiger partial charge on any atom is -0.496 e. The number of methoxy groups -OCH3 is 1. The molecule has 0 saturated carbocycles. The van der Waals surface area contributed by atoms with Gasteiger partial charge in [-0.3, -0.25) is 14.9 Å². The van der Waals surface area contributed by atoms with Crippen LogP contribution < -0.4 is 10.1 Å². The van der Waals surface area contributed by atoms with Gasteiger partial charge in [0.1, 0.15) is 17.0 Å². The van der Waals surface area contributed by atoms with E-state index >= 15 is 0 Å². The second kappa shape index (κ2) is 7.91. The van der Waals surface area contributed by atoms with E-state index in [1.54, 1.807) is 31.2 Å². The summed E-state index contributed by atoms with van der Waals surface area (Å²) in [6.45, 7) is 1.05. The molecule has 2 aromatic carbocycles. The van der Waals surface area contributed by atoms with Gasteiger partial charge in [-0.05, 0) is 24.6 Å². The predicted octanol–water partition coefficient (Wildman–Crippen LogP) is 2.71. The van der Waals surface area contributed by atoms with Gasteiger partial charge in [0.15, 0.2) is 6.61 Å². The van der Waals surface area contributed by atoms with Crippen molar-refractivity contribution in [3.63, 3.8) is 0 Å². The molecule has 0 unspecified atom stereocenters. The molecule has 0 aliphatic rings. The molecular weight excluding hydrogens is 328 g/mol. The number of nitro groups is 1. The van der Waals surface area contributed by atoms with Crippen LogP contribution in [0.2, 0.25) is 0 Å². The summed E-state index contributed by atoms with van der Waals surface area (Å²) >= 11 is 0. The number of carbonyl (C=O) groups is 2. The van der Waals surface area contributed by atoms with Gasteiger partial charge in [-0.15, -0.1) is 0 Å². The third kappa shape index (κ3) is 4.31. The first-order valence-electron chi connectivity index (χ1n) is 7.28. The summed E-state index contributed by atoms with van der Waals surface area (Å²) in [5.41, 5.74) is 0.550. The lowest BCUT2D eigenvalue weighted by atomic mass is 10.1. The molecule has 0 aromatic heterocycles. The molecule has 0 bridgehead atoms. The van der Waals surface area contributed by atoms with Crippen LogP contribution in [0.25, 0.3) is 0 Å². The van der Waals surface area contributed by atoms with Gasteiger partial charge in [-0.1, -0.05) is 24.3 Å². The summed E-state index contributed by atoms with van der Waals surface area (Å²) in [6.07, 6.45) is 0. The van der Waals surface area contributed by atoms with E-state index in [9.17, 15) is 19.7 Å². The number of nitrogens with zero attached hydrogens (tertiary/aromatic N) is 1. The number of ether oxygens (including phenoxy) is 2. The smallest absolute Gasteiger partial charge is 0.342 e. The molecule has 1 amide bonds. The quantitative estimate of drug-likeness (QED) is 0.490. The number of nitrogens with one attached hydrogen (secondary N) is 1. The number of anilines is 1. The van der Waals surface area contributed by atoms with Gasteiger partial charge >= 0.3 is 5.97 Å². The molecule has 8 nitrogen and oxygen atoms in total. The third-order valence-electron chi connectivity index (χ3n) is 3.37. The molecule has 0 heterocycles. The summed E-state index contributed by atoms with van der Waals surface area (Å²) < 4.78 is 9.99. The van der Waals surface area contributed by atoms with Crippen LogP contribution in [-0.2, 0) is 9.53 Å². The van der Waals surface area contributed by atoms with Crippen molar-refractivity contribution in [1.82, 2.24) is 0 Å². The third-order valence-corrected chi connectivity index (χ3v) is 3.37. The lowest BCUT2D eigenvalue weighted by molar-refractivity contribution is -0.384. The molecule has 0 spiro atoms. The maximum Gasteiger partial charge on any atom is 0.342 e. The highest BCUT2D eigenvalue weighted by Crippen LogP contribution is 2.27. The SMILES string of the molecule is COc1ccccc1C(=O)OCC(=O)Nc1c(C)cccc1[N+](=O)[O-]. The number of carbonyl (C=O) groups excluding carboxylic acids is 2. The summed E-state index contributed by atoms with van der Waals surface area (Å²) in [7, 11) is 1.41. The number of hydrogen-bond donors (Lipinski definition) is 1. The first-order chi connectivity index (χ1) is 11.9. The molecule has 0 saturated heterocycles. The fourth-order valence-corrected chi connectivity index (χ4v) is 2.16. The molecule has 8 heteroatoms. The number of nitro benzene ring substituents is 1. The monoisotopic (exact) mass is 344 g/mol. The molecule has 25 heavy (non-hydrogen) atoms. The number of rotatable bonds is 6. The molecule has 1 N–H and O–H groups in total. The normalized spacial score (nSPS) is 10.0. The fourth-order valence-electron chi connectivity index (χ4n) is 2.16. The topological polar surface area (TPSA) is 108 Å². The van der Waals surface area contributed by atoms with E-state index in [1.807, 2.05) is 0 Å². The zero-order chi connectivity index (χ0) is 18.4. The maximum absolute atomic E-state index is 12.0. The van der Waals surface area contributed by atoms with Crippen molar-refractivity contribution in [3.05, 3.63) is 63.7 Å². The molecule has 130 valence electrons. The number of aryl methyl sites for hydroxylation is 1. The van der Waals surface area contributed by atoms with Crippen LogP contribution in [0.1, 0.15) is 15.9 Å². The standard InChI is InChI=1S/C17H16N2O6/c1-11-6-5-8-13(19(22)23)16(11)18-15(20)10-25-17(21)12-7-3-4-9-14(12)24-2/h3-9H,10H2,1-2H3,(H,18,20). The maximum atomic E-state index is 12.0. The fraction of sp³-hybridized carbons (Fsp3) is 0.176. The minimum atomic E-state index is -0.730. The Hall–Kier alpha value is -3.42. The molecule has 0 fully saturated rings. The highest BCUT2D eigenvalue weighted by molar-refractivity contribution is 5.98. The summed E-state index contributed by atoms with van der Waals surface area (Å²) in [5, 5.41) is 13.4. The van der Waals surface area contributed by atoms with Crippen LogP contribution in [0.5, 0.6) is 5.75 Å². The van der Waals surface area contributed by atoms with Crippen molar-refractivity contribution in [2.45, 2.75) is 6.92 Å². The lowest BCUT2D eigenvalue weighted by Gasteiger charge is -2.10. The van der Waals surface area contributed by atoms with Crippen molar-refractivity contribution >= 4 is 23.3 Å². The minimum absolute atomic E-state index is 0.0749. The van der Waals surface area contributed by atoms with Crippen molar-refractivity contribution < 1.29 is 24.0 Å². The Bertz CT molecular complexity index is 819. The van der Waals surface area contributed by atoms with Gasteiger partial charge in [0.05, 0.1) is 12.0 Å². The number of hydrogen-bond acceptors (Lipinski definition) is 6. The Morgan fingerprint density at radius 1 is 1.16 bits per heavy atom. The van der Waals surface area contributed by atoms with E-state index in [-0.39, 0.29) is 16.9 Å². The largest absolute Gasteiger partial charge is 0.496 e. The van der Waals surface area contributed by atoms with Gasteiger partial charge in [0, 0.05) is 6.07 Å². The van der Waals surface area contributed by atoms with Crippen LogP contribution in [0.15, 0.2) is 42.5 Å². The van der Waals surface area contributed by atoms with Crippen LogP contribution in [0, 0.1) is 17.0 Å². The summed E-state index contributed by atoms with van der Waals surface area (Å²) in [6, 6.07) is 10.9. The molecular formula is C17H16N2O6. The van der Waals surface area contributed by atoms with Crippen molar-refractivity contribution in [2.75, 3.05) is 19.0 Å². The highest BCUT2D eigenvalue weighted by Gasteiger charge is 2.19. The first kappa shape index (κ1) is 17.9. The Balaban J connectivity index is 2.05. The molecule has 0 aliphatic carbocycles. The number of para-hydroxylation sites is 2. The van der Waals surface area contributed by atoms with Crippen LogP contribution in [0.3, 0.4) is 0 Å². The van der Waals surface area contributed by atoms with E-state index in [4.69, 9.17) is 9.47 Å². The average Bonchev–Trinajstić information content (AvgIpc) is 2.61. The second-order valence-corrected chi connectivity index (χ2v) is 5.05. The van der Waals surface area contributed by atoms with E-state index in [0.29, 0.717) is 11.3 Å².